The predicted octanol–water partition coefficient (Wildman–Crippen LogP) is 6.77. The highest BCUT2D eigenvalue weighted by atomic mass is 35.5. The average Bonchev–Trinajstić information content (AvgIpc) is 4.12. The van der Waals surface area contributed by atoms with Crippen LogP contribution in [0.2, 0.25) is 5.02 Å². The van der Waals surface area contributed by atoms with Crippen LogP contribution >= 0.6 is 34.3 Å². The molecule has 1 fully saturated rings. The maximum Gasteiger partial charge on any atom is 0.246 e. The van der Waals surface area contributed by atoms with E-state index in [0.29, 0.717) is 34.5 Å². The Hall–Kier alpha value is -6.51. The number of halogens is 1. The molecule has 2 aliphatic heterocycles. The number of amides is 4. The third-order valence-corrected chi connectivity index (χ3v) is 15.3. The van der Waals surface area contributed by atoms with Gasteiger partial charge in [0, 0.05) is 52.3 Å². The van der Waals surface area contributed by atoms with Crippen molar-refractivity contribution in [3.63, 3.8) is 0 Å². The van der Waals surface area contributed by atoms with Crippen LogP contribution in [-0.4, -0.2) is 110 Å². The second-order valence-electron chi connectivity index (χ2n) is 19.5. The smallest absolute Gasteiger partial charge is 0.246 e. The van der Waals surface area contributed by atoms with Crippen LogP contribution in [0.4, 0.5) is 5.69 Å². The molecule has 5 heterocycles. The number of β-amino-alcohol motifs (C(OH)–C–C–N with tert-alkyl or cyclic N) is 1. The minimum atomic E-state index is -1.00. The van der Waals surface area contributed by atoms with Gasteiger partial charge in [0.15, 0.2) is 5.82 Å². The van der Waals surface area contributed by atoms with Gasteiger partial charge in [0.2, 0.25) is 23.6 Å². The summed E-state index contributed by atoms with van der Waals surface area (Å²) in [6.45, 7) is 13.9. The van der Waals surface area contributed by atoms with E-state index in [2.05, 4.69) is 45.0 Å². The van der Waals surface area contributed by atoms with Gasteiger partial charge in [-0.15, -0.1) is 32.9 Å². The van der Waals surface area contributed by atoms with Crippen molar-refractivity contribution in [3.8, 4) is 21.2 Å². The van der Waals surface area contributed by atoms with Gasteiger partial charge < -0.3 is 41.2 Å². The Morgan fingerprint density at radius 3 is 2.38 bits per heavy atom. The van der Waals surface area contributed by atoms with Crippen molar-refractivity contribution in [2.45, 2.75) is 98.5 Å². The van der Waals surface area contributed by atoms with E-state index in [1.807, 2.05) is 99.3 Å². The Labute approximate surface area is 437 Å². The first-order chi connectivity index (χ1) is 34.8. The normalized spacial score (nSPS) is 16.8. The van der Waals surface area contributed by atoms with Gasteiger partial charge in [-0.1, -0.05) is 68.8 Å². The van der Waals surface area contributed by atoms with Crippen molar-refractivity contribution in [2.24, 2.45) is 10.4 Å². The minimum absolute atomic E-state index is 0.0315. The predicted molar refractivity (Wildman–Crippen MR) is 283 cm³/mol. The van der Waals surface area contributed by atoms with Crippen molar-refractivity contribution in [3.05, 3.63) is 127 Å². The van der Waals surface area contributed by atoms with Gasteiger partial charge in [-0.25, -0.2) is 4.98 Å². The van der Waals surface area contributed by atoms with Crippen LogP contribution in [-0.2, 0) is 36.9 Å². The molecule has 0 spiro atoms. The fraction of sp³-hybridized carbons (Fsp3) is 0.396. The van der Waals surface area contributed by atoms with E-state index in [1.54, 1.807) is 34.8 Å². The number of nitrogens with one attached hydrogen (secondary N) is 3. The molecule has 6 aromatic rings. The summed E-state index contributed by atoms with van der Waals surface area (Å²) in [6.07, 6.45) is -0.381. The summed E-state index contributed by atoms with van der Waals surface area (Å²) in [7, 11) is 0. The van der Waals surface area contributed by atoms with Crippen LogP contribution in [0, 0.1) is 33.1 Å². The van der Waals surface area contributed by atoms with Crippen LogP contribution in [0.25, 0.3) is 15.4 Å². The molecule has 4 atom stereocenters. The van der Waals surface area contributed by atoms with Gasteiger partial charge >= 0.3 is 0 Å². The van der Waals surface area contributed by atoms with Crippen molar-refractivity contribution in [1.29, 1.82) is 0 Å². The Bertz CT molecular complexity index is 3020. The molecule has 4 amide bonds. The van der Waals surface area contributed by atoms with Crippen molar-refractivity contribution in [2.75, 3.05) is 38.6 Å². The molecule has 0 unspecified atom stereocenters. The molecule has 0 saturated carbocycles. The number of thiophene rings is 1. The van der Waals surface area contributed by atoms with Crippen LogP contribution in [0.1, 0.15) is 89.7 Å². The zero-order valence-electron chi connectivity index (χ0n) is 42.0. The fourth-order valence-electron chi connectivity index (χ4n) is 8.99. The molecule has 8 rings (SSSR count). The van der Waals surface area contributed by atoms with E-state index in [1.165, 1.54) is 4.90 Å². The first kappa shape index (κ1) is 52.8. The second kappa shape index (κ2) is 22.7. The number of fused-ring (bicyclic) bond motifs is 3. The number of aliphatic imine (C=N–C) groups is 1. The molecule has 73 heavy (non-hydrogen) atoms. The van der Waals surface area contributed by atoms with Gasteiger partial charge in [-0.05, 0) is 86.1 Å². The number of anilines is 1. The van der Waals surface area contributed by atoms with Gasteiger partial charge in [0.05, 0.1) is 47.5 Å². The van der Waals surface area contributed by atoms with Crippen molar-refractivity contribution in [1.82, 2.24) is 40.6 Å². The standard InChI is InChI=1S/C53H61ClN10O7S2/c1-29-31(3)73-52-45(29)46(35-12-14-37(54)15-13-35)59-41(49-62-61-32(4)64(49)52)24-43(66)56-17-19-71-40-21-34(20-38(55)22-40)16-18-70-27-44(67)60-48(53(5,6)7)51(69)63-26-39(65)23-42(63)50(68)57-25-33-8-10-36(11-9-33)47-30(2)58-28-72-47/h8-15,20-22,28,39,41-42,48,65H,16-19,23-27,55H2,1-7H3,(H,56,66)(H,57,68)(H,60,67)/t39-,41+,42+,48-/m1/s1. The number of likely N-dealkylation sites (tertiary alicyclic amines) is 1. The molecule has 3 aromatic carbocycles. The maximum atomic E-state index is 14.1. The molecule has 0 aliphatic carbocycles. The third kappa shape index (κ3) is 12.5. The molecule has 3 aromatic heterocycles. The summed E-state index contributed by atoms with van der Waals surface area (Å²) in [5.41, 5.74) is 15.2. The SMILES string of the molecule is Cc1ncsc1-c1ccc(CNC(=O)[C@@H]2C[C@@H](O)CN2C(=O)[C@@H](NC(=O)COCCc2cc(N)cc(OCCNC(=O)C[C@@H]3N=C(c4ccc(Cl)cc4)c4c(sc(C)c4C)-n4c(C)nnc43)c2)C(C)(C)C)cc1. The summed E-state index contributed by atoms with van der Waals surface area (Å²) in [5, 5.41) is 29.8. The molecule has 1 saturated heterocycles. The van der Waals surface area contributed by atoms with E-state index in [-0.39, 0.29) is 64.1 Å². The number of aliphatic hydroxyl groups excluding tert-OH is 1. The maximum absolute atomic E-state index is 14.1. The number of rotatable bonds is 18. The molecule has 0 bridgehead atoms. The average molecular weight is 1050 g/mol. The number of nitrogens with two attached hydrogens (primary N) is 1. The minimum Gasteiger partial charge on any atom is -0.492 e. The number of thiazole rings is 1. The summed E-state index contributed by atoms with van der Waals surface area (Å²) in [5.74, 6) is 0.212. The van der Waals surface area contributed by atoms with E-state index >= 15 is 0 Å². The van der Waals surface area contributed by atoms with Gasteiger partial charge in [-0.2, -0.15) is 0 Å². The zero-order valence-corrected chi connectivity index (χ0v) is 44.3. The number of nitrogen functional groups attached to an aromatic ring is 1. The number of carbonyl (C=O) groups is 4. The van der Waals surface area contributed by atoms with Crippen LogP contribution in [0.5, 0.6) is 5.75 Å². The van der Waals surface area contributed by atoms with E-state index in [9.17, 15) is 24.3 Å². The monoisotopic (exact) mass is 1050 g/mol. The van der Waals surface area contributed by atoms with E-state index in [0.717, 1.165) is 59.5 Å². The number of aliphatic hydroxyl groups is 1. The number of benzene rings is 3. The number of nitrogens with zero attached hydrogens (tertiary/aromatic N) is 6. The topological polar surface area (TPSA) is 228 Å². The first-order valence-corrected chi connectivity index (χ1v) is 26.2. The number of aromatic nitrogens is 4. The molecule has 6 N–H and O–H groups in total. The third-order valence-electron chi connectivity index (χ3n) is 12.9. The molecule has 2 aliphatic rings. The highest BCUT2D eigenvalue weighted by Gasteiger charge is 2.44. The fourth-order valence-corrected chi connectivity index (χ4v) is 11.1. The van der Waals surface area contributed by atoms with Gasteiger partial charge in [0.1, 0.15) is 47.9 Å². The quantitative estimate of drug-likeness (QED) is 0.0446. The van der Waals surface area contributed by atoms with E-state index in [4.69, 9.17) is 31.8 Å². The summed E-state index contributed by atoms with van der Waals surface area (Å²) < 4.78 is 13.8. The molecule has 0 radical (unpaired) electrons. The summed E-state index contributed by atoms with van der Waals surface area (Å²) in [6, 6.07) is 18.2. The van der Waals surface area contributed by atoms with Crippen LogP contribution in [0.15, 0.2) is 77.2 Å². The molecule has 384 valence electrons. The number of carbonyl (C=O) groups excluding carboxylic acids is 4. The largest absolute Gasteiger partial charge is 0.492 e. The first-order valence-electron chi connectivity index (χ1n) is 24.1. The summed E-state index contributed by atoms with van der Waals surface area (Å²) >= 11 is 9.47. The van der Waals surface area contributed by atoms with Crippen molar-refractivity contribution < 1.29 is 33.8 Å². The Kier molecular flexibility index (Phi) is 16.4. The second-order valence-corrected chi connectivity index (χ2v) is 22.0. The highest BCUT2D eigenvalue weighted by Crippen LogP contribution is 2.40. The molecule has 17 nitrogen and oxygen atoms in total. The molecular weight excluding hydrogens is 988 g/mol. The summed E-state index contributed by atoms with van der Waals surface area (Å²) in [4.78, 5) is 67.5. The van der Waals surface area contributed by atoms with Crippen LogP contribution in [0.3, 0.4) is 0 Å². The lowest BCUT2D eigenvalue weighted by atomic mass is 9.85. The van der Waals surface area contributed by atoms with Gasteiger partial charge in [-0.3, -0.25) is 28.7 Å². The lowest BCUT2D eigenvalue weighted by molar-refractivity contribution is -0.144. The number of hydrogen-bond acceptors (Lipinski definition) is 14. The Morgan fingerprint density at radius 1 is 0.932 bits per heavy atom. The number of hydrogen-bond donors (Lipinski definition) is 5. The lowest BCUT2D eigenvalue weighted by Crippen LogP contribution is -2.58. The Morgan fingerprint density at radius 2 is 1.67 bits per heavy atom. The van der Waals surface area contributed by atoms with Gasteiger partial charge in [0.25, 0.3) is 0 Å². The molecular formula is C53H61ClN10O7S2. The zero-order chi connectivity index (χ0) is 52.1. The molecule has 20 heteroatoms. The number of ether oxygens (including phenoxy) is 2. The van der Waals surface area contributed by atoms with E-state index < -0.39 is 41.5 Å². The van der Waals surface area contributed by atoms with Crippen molar-refractivity contribution >= 4 is 69.3 Å². The Balaban J connectivity index is 0.802. The highest BCUT2D eigenvalue weighted by molar-refractivity contribution is 7.15. The lowest BCUT2D eigenvalue weighted by Gasteiger charge is -2.35. The van der Waals surface area contributed by atoms with Crippen LogP contribution < -0.4 is 26.4 Å². The number of aryl methyl sites for hydroxylation is 3.